The van der Waals surface area contributed by atoms with Crippen molar-refractivity contribution in [2.75, 3.05) is 26.2 Å². The number of fused-ring (bicyclic) bond motifs is 1. The molecule has 5 heteroatoms. The highest BCUT2D eigenvalue weighted by molar-refractivity contribution is 5.28. The van der Waals surface area contributed by atoms with Crippen molar-refractivity contribution < 1.29 is 24.6 Å². The quantitative estimate of drug-likeness (QED) is 0.514. The number of rotatable bonds is 6. The summed E-state index contributed by atoms with van der Waals surface area (Å²) in [6.07, 6.45) is 16.2. The Balaban J connectivity index is 1.20. The number of likely N-dealkylation sites (tertiary alicyclic amines) is 1. The molecule has 4 fully saturated rings. The van der Waals surface area contributed by atoms with Crippen molar-refractivity contribution in [1.82, 2.24) is 0 Å². The van der Waals surface area contributed by atoms with Crippen LogP contribution in [0, 0.1) is 17.8 Å². The number of piperidine rings is 1. The molecule has 5 nitrogen and oxygen atoms in total. The Bertz CT molecular complexity index is 674. The zero-order valence-electron chi connectivity index (χ0n) is 21.6. The van der Waals surface area contributed by atoms with Gasteiger partial charge in [-0.2, -0.15) is 0 Å². The van der Waals surface area contributed by atoms with E-state index in [-0.39, 0.29) is 24.4 Å². The molecule has 0 spiro atoms. The number of aliphatic hydroxyl groups excluding tert-OH is 2. The molecule has 0 aromatic carbocycles. The van der Waals surface area contributed by atoms with Crippen LogP contribution in [0.4, 0.5) is 0 Å². The van der Waals surface area contributed by atoms with Crippen molar-refractivity contribution in [2.45, 2.75) is 127 Å². The van der Waals surface area contributed by atoms with Crippen molar-refractivity contribution in [1.29, 1.82) is 0 Å². The van der Waals surface area contributed by atoms with E-state index in [0.29, 0.717) is 23.9 Å². The molecule has 3 aliphatic carbocycles. The summed E-state index contributed by atoms with van der Waals surface area (Å²) in [4.78, 5) is 1.74. The van der Waals surface area contributed by atoms with Gasteiger partial charge in [0.1, 0.15) is 6.54 Å². The molecule has 3 N–H and O–H groups in total. The van der Waals surface area contributed by atoms with Crippen molar-refractivity contribution >= 4 is 0 Å². The standard InChI is InChI=1S/C29H49NO4/c1-20-26-14-11-24(32)19-27(26)34-29(28(20)21-5-9-23(31)10-6-21)22-7-12-25(13-8-22)33-18-17-30-15-3-2-4-16-30/h21-27,29,31-32H,2-19H2,1H3/p+1/t21?,22?,23?,24?,25?,26?,27?,29-/m0/s1. The van der Waals surface area contributed by atoms with Gasteiger partial charge in [-0.05, 0) is 108 Å². The van der Waals surface area contributed by atoms with Crippen LogP contribution >= 0.6 is 0 Å². The number of aliphatic hydroxyl groups is 2. The minimum absolute atomic E-state index is 0.114. The maximum Gasteiger partial charge on any atom is 0.101 e. The van der Waals surface area contributed by atoms with Crippen molar-refractivity contribution in [3.8, 4) is 0 Å². The first-order valence-corrected chi connectivity index (χ1v) is 14.8. The summed E-state index contributed by atoms with van der Waals surface area (Å²) in [5, 5.41) is 20.5. The van der Waals surface area contributed by atoms with Gasteiger partial charge in [-0.25, -0.2) is 0 Å². The average molecular weight is 477 g/mol. The maximum atomic E-state index is 10.3. The molecule has 0 aromatic heterocycles. The molecule has 0 aromatic rings. The lowest BCUT2D eigenvalue weighted by atomic mass is 9.67. The second-order valence-corrected chi connectivity index (χ2v) is 12.3. The number of hydrogen-bond donors (Lipinski definition) is 3. The molecule has 0 bridgehead atoms. The Labute approximate surface area is 207 Å². The molecular formula is C29H50NO4+. The number of nitrogens with one attached hydrogen (secondary N) is 1. The van der Waals surface area contributed by atoms with Gasteiger partial charge >= 0.3 is 0 Å². The van der Waals surface area contributed by atoms with E-state index in [2.05, 4.69) is 6.92 Å². The van der Waals surface area contributed by atoms with E-state index in [4.69, 9.17) is 9.47 Å². The second-order valence-electron chi connectivity index (χ2n) is 12.3. The zero-order chi connectivity index (χ0) is 23.5. The fraction of sp³-hybridized carbons (Fsp3) is 0.931. The normalized spacial score (nSPS) is 42.4. The van der Waals surface area contributed by atoms with Gasteiger partial charge in [-0.15, -0.1) is 0 Å². The lowest BCUT2D eigenvalue weighted by Crippen LogP contribution is -3.13. The molecule has 3 saturated carbocycles. The summed E-state index contributed by atoms with van der Waals surface area (Å²) in [7, 11) is 0. The molecule has 2 heterocycles. The predicted octanol–water partition coefficient (Wildman–Crippen LogP) is 3.43. The third-order valence-electron chi connectivity index (χ3n) is 10.1. The van der Waals surface area contributed by atoms with E-state index in [0.717, 1.165) is 64.4 Å². The molecule has 5 rings (SSSR count). The maximum absolute atomic E-state index is 10.3. The zero-order valence-corrected chi connectivity index (χ0v) is 21.6. The van der Waals surface area contributed by atoms with Gasteiger partial charge in [-0.1, -0.05) is 5.57 Å². The van der Waals surface area contributed by atoms with Crippen LogP contribution in [-0.2, 0) is 9.47 Å². The van der Waals surface area contributed by atoms with Gasteiger partial charge in [0.15, 0.2) is 0 Å². The Morgan fingerprint density at radius 1 is 0.853 bits per heavy atom. The van der Waals surface area contributed by atoms with Crippen molar-refractivity contribution in [3.63, 3.8) is 0 Å². The molecule has 2 aliphatic heterocycles. The summed E-state index contributed by atoms with van der Waals surface area (Å²) >= 11 is 0. The third-order valence-corrected chi connectivity index (χ3v) is 10.1. The van der Waals surface area contributed by atoms with Crippen LogP contribution in [0.3, 0.4) is 0 Å². The Kier molecular flexibility index (Phi) is 8.69. The lowest BCUT2D eigenvalue weighted by Gasteiger charge is -2.48. The number of ether oxygens (including phenoxy) is 2. The molecule has 194 valence electrons. The summed E-state index contributed by atoms with van der Waals surface area (Å²) < 4.78 is 13.3. The van der Waals surface area contributed by atoms with Crippen LogP contribution in [0.25, 0.3) is 0 Å². The van der Waals surface area contributed by atoms with Crippen LogP contribution in [0.2, 0.25) is 0 Å². The van der Waals surface area contributed by atoms with E-state index >= 15 is 0 Å². The second kappa shape index (κ2) is 11.7. The highest BCUT2D eigenvalue weighted by Gasteiger charge is 2.45. The number of quaternary nitrogens is 1. The molecule has 4 atom stereocenters. The third kappa shape index (κ3) is 5.91. The Morgan fingerprint density at radius 3 is 2.29 bits per heavy atom. The van der Waals surface area contributed by atoms with E-state index in [1.54, 1.807) is 16.0 Å². The van der Waals surface area contributed by atoms with Gasteiger partial charge in [0.2, 0.25) is 0 Å². The SMILES string of the molecule is CC1=C(C2CCC(O)CC2)[C@H](C2CCC(OCC[NH+]3CCCCC3)CC2)OC2CC(O)CCC12. The first-order chi connectivity index (χ1) is 16.6. The van der Waals surface area contributed by atoms with E-state index in [1.165, 1.54) is 51.7 Å². The first-order valence-electron chi connectivity index (χ1n) is 14.8. The van der Waals surface area contributed by atoms with Gasteiger partial charge in [-0.3, -0.25) is 0 Å². The van der Waals surface area contributed by atoms with Crippen LogP contribution < -0.4 is 4.90 Å². The Hall–Kier alpha value is -0.460. The van der Waals surface area contributed by atoms with Crippen molar-refractivity contribution in [2.24, 2.45) is 17.8 Å². The molecule has 5 aliphatic rings. The molecule has 0 amide bonds. The van der Waals surface area contributed by atoms with Crippen LogP contribution in [0.5, 0.6) is 0 Å². The minimum atomic E-state index is -0.202. The highest BCUT2D eigenvalue weighted by atomic mass is 16.5. The smallest absolute Gasteiger partial charge is 0.101 e. The van der Waals surface area contributed by atoms with Crippen LogP contribution in [0.1, 0.15) is 96.8 Å². The largest absolute Gasteiger partial charge is 0.393 e. The van der Waals surface area contributed by atoms with E-state index in [9.17, 15) is 10.2 Å². The summed E-state index contributed by atoms with van der Waals surface area (Å²) in [5.41, 5.74) is 3.18. The molecule has 0 radical (unpaired) electrons. The topological polar surface area (TPSA) is 63.4 Å². The van der Waals surface area contributed by atoms with Crippen LogP contribution in [0.15, 0.2) is 11.1 Å². The lowest BCUT2D eigenvalue weighted by molar-refractivity contribution is -0.905. The Morgan fingerprint density at radius 2 is 1.56 bits per heavy atom. The molecule has 34 heavy (non-hydrogen) atoms. The summed E-state index contributed by atoms with van der Waals surface area (Å²) in [6.45, 7) is 7.14. The highest BCUT2D eigenvalue weighted by Crippen LogP contribution is 2.48. The van der Waals surface area contributed by atoms with Crippen molar-refractivity contribution in [3.05, 3.63) is 11.1 Å². The monoisotopic (exact) mass is 476 g/mol. The fourth-order valence-electron chi connectivity index (χ4n) is 7.99. The summed E-state index contributed by atoms with van der Waals surface area (Å²) in [5.74, 6) is 1.63. The average Bonchev–Trinajstić information content (AvgIpc) is 2.86. The predicted molar refractivity (Wildman–Crippen MR) is 134 cm³/mol. The van der Waals surface area contributed by atoms with Gasteiger partial charge in [0, 0.05) is 12.3 Å². The first kappa shape index (κ1) is 25.2. The minimum Gasteiger partial charge on any atom is -0.393 e. The van der Waals surface area contributed by atoms with Gasteiger partial charge < -0.3 is 24.6 Å². The van der Waals surface area contributed by atoms with Crippen LogP contribution in [-0.4, -0.2) is 67.0 Å². The molecule has 1 saturated heterocycles. The van der Waals surface area contributed by atoms with Gasteiger partial charge in [0.25, 0.3) is 0 Å². The van der Waals surface area contributed by atoms with E-state index < -0.39 is 0 Å². The molecule has 3 unspecified atom stereocenters. The molecular weight excluding hydrogens is 426 g/mol. The number of hydrogen-bond acceptors (Lipinski definition) is 4. The fourth-order valence-corrected chi connectivity index (χ4v) is 7.99. The summed E-state index contributed by atoms with van der Waals surface area (Å²) in [6, 6.07) is 0. The van der Waals surface area contributed by atoms with Gasteiger partial charge in [0.05, 0.1) is 50.2 Å². The van der Waals surface area contributed by atoms with E-state index in [1.807, 2.05) is 0 Å².